The summed E-state index contributed by atoms with van der Waals surface area (Å²) in [7, 11) is 0. The number of nitrogens with zero attached hydrogens (tertiary/aromatic N) is 1. The second-order valence-corrected chi connectivity index (χ2v) is 9.05. The second-order valence-electron chi connectivity index (χ2n) is 9.05. The quantitative estimate of drug-likeness (QED) is 0.369. The third-order valence-corrected chi connectivity index (χ3v) is 5.21. The van der Waals surface area contributed by atoms with Crippen molar-refractivity contribution in [2.45, 2.75) is 51.8 Å². The lowest BCUT2D eigenvalue weighted by Gasteiger charge is -2.33. The number of hydrogen-bond donors (Lipinski definition) is 0. The van der Waals surface area contributed by atoms with Crippen LogP contribution in [0, 0.1) is 5.82 Å². The van der Waals surface area contributed by atoms with Crippen LogP contribution in [0.25, 0.3) is 0 Å². The fourth-order valence-corrected chi connectivity index (χ4v) is 3.79. The topological polar surface area (TPSA) is 29.5 Å². The molecule has 0 fully saturated rings. The molecule has 3 nitrogen and oxygen atoms in total. The van der Waals surface area contributed by atoms with E-state index < -0.39 is 5.60 Å². The van der Waals surface area contributed by atoms with Gasteiger partial charge in [0.25, 0.3) is 0 Å². The van der Waals surface area contributed by atoms with E-state index in [4.69, 9.17) is 4.74 Å². The molecule has 168 valence electrons. The highest BCUT2D eigenvalue weighted by atomic mass is 19.1. The van der Waals surface area contributed by atoms with E-state index in [-0.39, 0.29) is 24.2 Å². The first-order valence-corrected chi connectivity index (χ1v) is 11.1. The first-order chi connectivity index (χ1) is 15.3. The Balaban J connectivity index is 1.91. The number of benzene rings is 3. The SMILES string of the molecule is CC(C)(C)OC(=O)C[C@@H](c1cccc(F)c1)N(CCc1ccccc1)Cc1ccccc1. The molecule has 32 heavy (non-hydrogen) atoms. The minimum absolute atomic E-state index is 0.155. The highest BCUT2D eigenvalue weighted by Crippen LogP contribution is 2.28. The smallest absolute Gasteiger partial charge is 0.308 e. The Labute approximate surface area is 190 Å². The van der Waals surface area contributed by atoms with Gasteiger partial charge in [-0.25, -0.2) is 4.39 Å². The molecule has 3 aromatic carbocycles. The Bertz CT molecular complexity index is 983. The fraction of sp³-hybridized carbons (Fsp3) is 0.321. The molecule has 0 amide bonds. The molecule has 0 unspecified atom stereocenters. The molecule has 3 rings (SSSR count). The van der Waals surface area contributed by atoms with E-state index in [9.17, 15) is 9.18 Å². The molecule has 0 radical (unpaired) electrons. The monoisotopic (exact) mass is 433 g/mol. The maximum absolute atomic E-state index is 14.1. The summed E-state index contributed by atoms with van der Waals surface area (Å²) < 4.78 is 19.8. The maximum atomic E-state index is 14.1. The number of hydrogen-bond acceptors (Lipinski definition) is 3. The zero-order chi connectivity index (χ0) is 23.0. The molecule has 0 N–H and O–H groups in total. The number of carbonyl (C=O) groups is 1. The van der Waals surface area contributed by atoms with Crippen molar-refractivity contribution in [3.05, 3.63) is 107 Å². The standard InChI is InChI=1S/C28H32FNO2/c1-28(2,3)32-27(31)20-26(24-15-10-16-25(29)19-24)30(21-23-13-8-5-9-14-23)18-17-22-11-6-4-7-12-22/h4-16,19,26H,17-18,20-21H2,1-3H3/t26-/m0/s1. The molecule has 0 aliphatic heterocycles. The Kier molecular flexibility index (Phi) is 8.18. The molecular formula is C28H32FNO2. The Hall–Kier alpha value is -2.98. The van der Waals surface area contributed by atoms with Gasteiger partial charge in [-0.05, 0) is 56.0 Å². The van der Waals surface area contributed by atoms with Gasteiger partial charge in [-0.3, -0.25) is 9.69 Å². The first kappa shape index (κ1) is 23.7. The summed E-state index contributed by atoms with van der Waals surface area (Å²) in [5.74, 6) is -0.594. The van der Waals surface area contributed by atoms with E-state index in [1.54, 1.807) is 6.07 Å². The summed E-state index contributed by atoms with van der Waals surface area (Å²) in [6.07, 6.45) is 0.982. The fourth-order valence-electron chi connectivity index (χ4n) is 3.79. The van der Waals surface area contributed by atoms with Gasteiger partial charge in [0.1, 0.15) is 11.4 Å². The maximum Gasteiger partial charge on any atom is 0.308 e. The molecule has 0 aliphatic carbocycles. The molecule has 0 bridgehead atoms. The Morgan fingerprint density at radius 2 is 1.53 bits per heavy atom. The van der Waals surface area contributed by atoms with Crippen LogP contribution in [0.1, 0.15) is 49.9 Å². The van der Waals surface area contributed by atoms with Gasteiger partial charge in [0.2, 0.25) is 0 Å². The molecule has 0 heterocycles. The lowest BCUT2D eigenvalue weighted by molar-refractivity contribution is -0.156. The van der Waals surface area contributed by atoms with Gasteiger partial charge >= 0.3 is 5.97 Å². The van der Waals surface area contributed by atoms with Crippen LogP contribution in [0.5, 0.6) is 0 Å². The van der Waals surface area contributed by atoms with E-state index >= 15 is 0 Å². The van der Waals surface area contributed by atoms with Crippen LogP contribution >= 0.6 is 0 Å². The van der Waals surface area contributed by atoms with Crippen LogP contribution in [0.3, 0.4) is 0 Å². The van der Waals surface area contributed by atoms with Crippen molar-refractivity contribution >= 4 is 5.97 Å². The van der Waals surface area contributed by atoms with Crippen LogP contribution in [-0.4, -0.2) is 23.0 Å². The van der Waals surface area contributed by atoms with Crippen molar-refractivity contribution in [2.75, 3.05) is 6.54 Å². The summed E-state index contributed by atoms with van der Waals surface area (Å²) in [6.45, 7) is 6.96. The van der Waals surface area contributed by atoms with E-state index in [0.717, 1.165) is 24.1 Å². The average Bonchev–Trinajstić information content (AvgIpc) is 2.75. The van der Waals surface area contributed by atoms with Crippen molar-refractivity contribution in [2.24, 2.45) is 0 Å². The number of carbonyl (C=O) groups excluding carboxylic acids is 1. The minimum Gasteiger partial charge on any atom is -0.460 e. The van der Waals surface area contributed by atoms with Crippen LogP contribution in [-0.2, 0) is 22.5 Å². The van der Waals surface area contributed by atoms with Gasteiger partial charge in [0.05, 0.1) is 6.42 Å². The highest BCUT2D eigenvalue weighted by Gasteiger charge is 2.27. The van der Waals surface area contributed by atoms with Crippen molar-refractivity contribution in [3.8, 4) is 0 Å². The van der Waals surface area contributed by atoms with Crippen molar-refractivity contribution < 1.29 is 13.9 Å². The average molecular weight is 434 g/mol. The van der Waals surface area contributed by atoms with Gasteiger partial charge in [-0.15, -0.1) is 0 Å². The van der Waals surface area contributed by atoms with Crippen molar-refractivity contribution in [3.63, 3.8) is 0 Å². The van der Waals surface area contributed by atoms with Crippen LogP contribution in [0.2, 0.25) is 0 Å². The molecule has 4 heteroatoms. The van der Waals surface area contributed by atoms with E-state index in [0.29, 0.717) is 6.54 Å². The highest BCUT2D eigenvalue weighted by molar-refractivity contribution is 5.71. The number of halogens is 1. The van der Waals surface area contributed by atoms with Crippen molar-refractivity contribution in [1.82, 2.24) is 4.90 Å². The predicted molar refractivity (Wildman–Crippen MR) is 127 cm³/mol. The van der Waals surface area contributed by atoms with Gasteiger partial charge in [-0.2, -0.15) is 0 Å². The van der Waals surface area contributed by atoms with Gasteiger partial charge in [0.15, 0.2) is 0 Å². The third-order valence-electron chi connectivity index (χ3n) is 5.21. The molecule has 0 aromatic heterocycles. The van der Waals surface area contributed by atoms with E-state index in [1.165, 1.54) is 17.7 Å². The second kappa shape index (κ2) is 11.1. The number of rotatable bonds is 9. The number of ether oxygens (including phenoxy) is 1. The van der Waals surface area contributed by atoms with Gasteiger partial charge in [-0.1, -0.05) is 72.8 Å². The summed E-state index contributed by atoms with van der Waals surface area (Å²) in [6, 6.07) is 26.7. The molecule has 0 aliphatic rings. The lowest BCUT2D eigenvalue weighted by Crippen LogP contribution is -2.34. The molecule has 0 saturated heterocycles. The van der Waals surface area contributed by atoms with Crippen molar-refractivity contribution in [1.29, 1.82) is 0 Å². The Morgan fingerprint density at radius 1 is 0.906 bits per heavy atom. The number of esters is 1. The summed E-state index contributed by atoms with van der Waals surface area (Å²) in [4.78, 5) is 15.1. The minimum atomic E-state index is -0.572. The first-order valence-electron chi connectivity index (χ1n) is 11.1. The zero-order valence-electron chi connectivity index (χ0n) is 19.1. The van der Waals surface area contributed by atoms with Gasteiger partial charge in [0, 0.05) is 19.1 Å². The molecular weight excluding hydrogens is 401 g/mol. The summed E-state index contributed by atoms with van der Waals surface area (Å²) in [5.41, 5.74) is 2.57. The largest absolute Gasteiger partial charge is 0.460 e. The summed E-state index contributed by atoms with van der Waals surface area (Å²) in [5, 5.41) is 0. The normalized spacial score (nSPS) is 12.5. The molecule has 1 atom stereocenters. The van der Waals surface area contributed by atoms with Gasteiger partial charge < -0.3 is 4.74 Å². The third kappa shape index (κ3) is 7.61. The van der Waals surface area contributed by atoms with Crippen LogP contribution in [0.4, 0.5) is 4.39 Å². The zero-order valence-corrected chi connectivity index (χ0v) is 19.1. The lowest BCUT2D eigenvalue weighted by atomic mass is 9.99. The van der Waals surface area contributed by atoms with Crippen LogP contribution in [0.15, 0.2) is 84.9 Å². The predicted octanol–water partition coefficient (Wildman–Crippen LogP) is 6.34. The van der Waals surface area contributed by atoms with E-state index in [2.05, 4.69) is 29.2 Å². The molecule has 0 saturated carbocycles. The Morgan fingerprint density at radius 3 is 2.12 bits per heavy atom. The molecule has 0 spiro atoms. The van der Waals surface area contributed by atoms with Crippen LogP contribution < -0.4 is 0 Å². The molecule has 3 aromatic rings. The van der Waals surface area contributed by atoms with E-state index in [1.807, 2.05) is 63.2 Å². The summed E-state index contributed by atoms with van der Waals surface area (Å²) >= 11 is 0.